The fourth-order valence-electron chi connectivity index (χ4n) is 3.75. The second kappa shape index (κ2) is 9.74. The van der Waals surface area contributed by atoms with Crippen molar-refractivity contribution in [2.45, 2.75) is 32.3 Å². The highest BCUT2D eigenvalue weighted by molar-refractivity contribution is 7.92. The monoisotopic (exact) mass is 460 g/mol. The molecule has 0 spiro atoms. The maximum Gasteiger partial charge on any atom is 0.259 e. The van der Waals surface area contributed by atoms with Gasteiger partial charge in [0.25, 0.3) is 5.88 Å². The SMILES string of the molecule is CCCS(=O)(=O)Nc1nc2ccccc2nc1OC(c1cnccc1F)C1CCOCC1. The van der Waals surface area contributed by atoms with E-state index in [1.165, 1.54) is 18.5 Å². The van der Waals surface area contributed by atoms with Gasteiger partial charge in [0.2, 0.25) is 15.8 Å². The lowest BCUT2D eigenvalue weighted by molar-refractivity contribution is 0.0147. The highest BCUT2D eigenvalue weighted by Gasteiger charge is 2.31. The number of aromatic nitrogens is 3. The molecule has 0 bridgehead atoms. The second-order valence-corrected chi connectivity index (χ2v) is 9.51. The van der Waals surface area contributed by atoms with Gasteiger partial charge in [0.1, 0.15) is 11.9 Å². The van der Waals surface area contributed by atoms with Gasteiger partial charge in [-0.3, -0.25) is 9.71 Å². The lowest BCUT2D eigenvalue weighted by atomic mass is 9.89. The first-order valence-electron chi connectivity index (χ1n) is 10.6. The number of anilines is 1. The van der Waals surface area contributed by atoms with Crippen LogP contribution in [0.3, 0.4) is 0 Å². The van der Waals surface area contributed by atoms with Crippen molar-refractivity contribution in [3.63, 3.8) is 0 Å². The summed E-state index contributed by atoms with van der Waals surface area (Å²) >= 11 is 0. The molecule has 1 saturated heterocycles. The van der Waals surface area contributed by atoms with E-state index in [9.17, 15) is 12.8 Å². The van der Waals surface area contributed by atoms with Crippen LogP contribution in [0.5, 0.6) is 5.88 Å². The van der Waals surface area contributed by atoms with Crippen molar-refractivity contribution in [2.75, 3.05) is 23.7 Å². The standard InChI is InChI=1S/C22H25FN4O4S/c1-2-13-32(28,29)27-21-22(26-19-6-4-3-5-18(19)25-21)31-20(15-8-11-30-12-9-15)16-14-24-10-7-17(16)23/h3-7,10,14-15,20H,2,8-9,11-13H2,1H3,(H,25,27). The van der Waals surface area contributed by atoms with Crippen molar-refractivity contribution in [1.29, 1.82) is 0 Å². The van der Waals surface area contributed by atoms with Gasteiger partial charge in [0, 0.05) is 37.1 Å². The average molecular weight is 461 g/mol. The number of nitrogens with one attached hydrogen (secondary N) is 1. The average Bonchev–Trinajstić information content (AvgIpc) is 2.78. The summed E-state index contributed by atoms with van der Waals surface area (Å²) in [6, 6.07) is 8.37. The highest BCUT2D eigenvalue weighted by atomic mass is 32.2. The summed E-state index contributed by atoms with van der Waals surface area (Å²) in [7, 11) is -3.65. The third kappa shape index (κ3) is 5.13. The van der Waals surface area contributed by atoms with Crippen LogP contribution in [-0.4, -0.2) is 42.3 Å². The molecule has 10 heteroatoms. The summed E-state index contributed by atoms with van der Waals surface area (Å²) in [5, 5.41) is 0. The summed E-state index contributed by atoms with van der Waals surface area (Å²) in [6.45, 7) is 2.84. The molecule has 1 atom stereocenters. The van der Waals surface area contributed by atoms with Crippen LogP contribution in [-0.2, 0) is 14.8 Å². The molecule has 3 aromatic rings. The normalized spacial score (nSPS) is 16.1. The van der Waals surface area contributed by atoms with Crippen LogP contribution >= 0.6 is 0 Å². The lowest BCUT2D eigenvalue weighted by Gasteiger charge is -2.31. The Morgan fingerprint density at radius 1 is 1.19 bits per heavy atom. The number of para-hydroxylation sites is 2. The minimum absolute atomic E-state index is 0.00289. The topological polar surface area (TPSA) is 103 Å². The molecule has 32 heavy (non-hydrogen) atoms. The summed E-state index contributed by atoms with van der Waals surface area (Å²) in [6.07, 6.45) is 3.86. The van der Waals surface area contributed by atoms with E-state index < -0.39 is 21.9 Å². The molecule has 2 aromatic heterocycles. The van der Waals surface area contributed by atoms with Crippen molar-refractivity contribution >= 4 is 26.9 Å². The third-order valence-corrected chi connectivity index (χ3v) is 6.75. The molecule has 1 aliphatic heterocycles. The van der Waals surface area contributed by atoms with Gasteiger partial charge in [-0.2, -0.15) is 0 Å². The zero-order valence-electron chi connectivity index (χ0n) is 17.7. The lowest BCUT2D eigenvalue weighted by Crippen LogP contribution is -2.27. The number of halogens is 1. The van der Waals surface area contributed by atoms with Crippen LogP contribution in [0, 0.1) is 11.7 Å². The molecule has 170 valence electrons. The molecule has 1 N–H and O–H groups in total. The Bertz CT molecular complexity index is 1190. The van der Waals surface area contributed by atoms with Crippen molar-refractivity contribution < 1.29 is 22.3 Å². The summed E-state index contributed by atoms with van der Waals surface area (Å²) < 4.78 is 53.9. The number of hydrogen-bond acceptors (Lipinski definition) is 7. The largest absolute Gasteiger partial charge is 0.466 e. The summed E-state index contributed by atoms with van der Waals surface area (Å²) in [4.78, 5) is 13.0. The van der Waals surface area contributed by atoms with Gasteiger partial charge < -0.3 is 9.47 Å². The fraction of sp³-hybridized carbons (Fsp3) is 0.409. The number of benzene rings is 1. The number of sulfonamides is 1. The Labute approximate surface area is 186 Å². The molecule has 1 aromatic carbocycles. The van der Waals surface area contributed by atoms with Crippen molar-refractivity contribution in [1.82, 2.24) is 15.0 Å². The molecule has 0 amide bonds. The zero-order chi connectivity index (χ0) is 22.6. The van der Waals surface area contributed by atoms with Gasteiger partial charge in [-0.25, -0.2) is 22.8 Å². The van der Waals surface area contributed by atoms with Gasteiger partial charge in [0.05, 0.1) is 16.8 Å². The van der Waals surface area contributed by atoms with Crippen molar-refractivity contribution in [2.24, 2.45) is 5.92 Å². The molecule has 1 aliphatic rings. The molecular weight excluding hydrogens is 435 g/mol. The van der Waals surface area contributed by atoms with E-state index in [-0.39, 0.29) is 28.9 Å². The number of nitrogens with zero attached hydrogens (tertiary/aromatic N) is 3. The van der Waals surface area contributed by atoms with Gasteiger partial charge in [-0.1, -0.05) is 19.1 Å². The van der Waals surface area contributed by atoms with Crippen LogP contribution in [0.15, 0.2) is 42.7 Å². The Morgan fingerprint density at radius 2 is 1.91 bits per heavy atom. The first-order valence-corrected chi connectivity index (χ1v) is 12.2. The molecule has 3 heterocycles. The summed E-state index contributed by atoms with van der Waals surface area (Å²) in [5.41, 5.74) is 1.35. The molecule has 4 rings (SSSR count). The van der Waals surface area contributed by atoms with Gasteiger partial charge in [0.15, 0.2) is 0 Å². The minimum Gasteiger partial charge on any atom is -0.466 e. The van der Waals surface area contributed by atoms with Crippen molar-refractivity contribution in [3.05, 3.63) is 54.1 Å². The van der Waals surface area contributed by atoms with E-state index in [4.69, 9.17) is 9.47 Å². The predicted molar refractivity (Wildman–Crippen MR) is 118 cm³/mol. The second-order valence-electron chi connectivity index (χ2n) is 7.67. The van der Waals surface area contributed by atoms with E-state index in [1.807, 2.05) is 0 Å². The maximum atomic E-state index is 14.7. The van der Waals surface area contributed by atoms with Crippen LogP contribution in [0.4, 0.5) is 10.2 Å². The fourth-order valence-corrected chi connectivity index (χ4v) is 4.82. The van der Waals surface area contributed by atoms with E-state index >= 15 is 0 Å². The first kappa shape index (κ1) is 22.3. The number of rotatable bonds is 8. The maximum absolute atomic E-state index is 14.7. The molecule has 0 saturated carbocycles. The van der Waals surface area contributed by atoms with Crippen molar-refractivity contribution in [3.8, 4) is 5.88 Å². The van der Waals surface area contributed by atoms with Crippen LogP contribution in [0.25, 0.3) is 11.0 Å². The third-order valence-electron chi connectivity index (χ3n) is 5.30. The first-order chi connectivity index (χ1) is 15.5. The summed E-state index contributed by atoms with van der Waals surface area (Å²) in [5.74, 6) is -0.586. The van der Waals surface area contributed by atoms with E-state index in [0.717, 1.165) is 0 Å². The molecule has 0 aliphatic carbocycles. The Balaban J connectivity index is 1.78. The Morgan fingerprint density at radius 3 is 2.59 bits per heavy atom. The number of fused-ring (bicyclic) bond motifs is 1. The number of ether oxygens (including phenoxy) is 2. The molecule has 0 radical (unpaired) electrons. The minimum atomic E-state index is -3.65. The van der Waals surface area contributed by atoms with E-state index in [2.05, 4.69) is 19.7 Å². The number of hydrogen-bond donors (Lipinski definition) is 1. The van der Waals surface area contributed by atoms with Gasteiger partial charge >= 0.3 is 0 Å². The van der Waals surface area contributed by atoms with Crippen LogP contribution in [0.1, 0.15) is 37.9 Å². The van der Waals surface area contributed by atoms with Gasteiger partial charge in [-0.05, 0) is 37.5 Å². The van der Waals surface area contributed by atoms with E-state index in [0.29, 0.717) is 43.5 Å². The molecular formula is C22H25FN4O4S. The number of pyridine rings is 1. The van der Waals surface area contributed by atoms with E-state index in [1.54, 1.807) is 31.2 Å². The highest BCUT2D eigenvalue weighted by Crippen LogP contribution is 2.37. The van der Waals surface area contributed by atoms with Crippen LogP contribution in [0.2, 0.25) is 0 Å². The zero-order valence-corrected chi connectivity index (χ0v) is 18.5. The Hall–Kier alpha value is -2.85. The van der Waals surface area contributed by atoms with Crippen LogP contribution < -0.4 is 9.46 Å². The molecule has 1 fully saturated rings. The Kier molecular flexibility index (Phi) is 6.80. The molecule has 1 unspecified atom stereocenters. The predicted octanol–water partition coefficient (Wildman–Crippen LogP) is 3.86. The molecule has 8 nitrogen and oxygen atoms in total. The van der Waals surface area contributed by atoms with Gasteiger partial charge in [-0.15, -0.1) is 0 Å². The smallest absolute Gasteiger partial charge is 0.259 e. The quantitative estimate of drug-likeness (QED) is 0.544.